The van der Waals surface area contributed by atoms with Gasteiger partial charge < -0.3 is 4.90 Å². The summed E-state index contributed by atoms with van der Waals surface area (Å²) in [6.45, 7) is 6.38. The van der Waals surface area contributed by atoms with Crippen molar-refractivity contribution in [1.29, 1.82) is 0 Å². The Hall–Kier alpha value is -1.87. The van der Waals surface area contributed by atoms with Crippen LogP contribution in [-0.4, -0.2) is 17.4 Å². The van der Waals surface area contributed by atoms with Crippen LogP contribution in [0.1, 0.15) is 28.5 Å². The molecule has 2 aromatic rings. The molecule has 0 aliphatic heterocycles. The Balaban J connectivity index is 2.42. The molecule has 0 saturated heterocycles. The van der Waals surface area contributed by atoms with Crippen molar-refractivity contribution < 1.29 is 4.79 Å². The molecule has 0 unspecified atom stereocenters. The highest BCUT2D eigenvalue weighted by Gasteiger charge is 2.18. The maximum absolute atomic E-state index is 12.7. The van der Waals surface area contributed by atoms with Crippen LogP contribution in [0, 0.1) is 13.8 Å². The van der Waals surface area contributed by atoms with Crippen molar-refractivity contribution in [2.75, 3.05) is 11.4 Å². The average Bonchev–Trinajstić information content (AvgIpc) is 2.40. The number of para-hydroxylation sites is 1. The van der Waals surface area contributed by atoms with Crippen molar-refractivity contribution in [3.05, 3.63) is 58.4 Å². The van der Waals surface area contributed by atoms with Gasteiger partial charge in [0.25, 0.3) is 5.91 Å². The maximum atomic E-state index is 12.7. The van der Waals surface area contributed by atoms with Gasteiger partial charge >= 0.3 is 0 Å². The molecular weight excluding hydrogens is 272 g/mol. The number of rotatable bonds is 3. The second kappa shape index (κ2) is 6.06. The summed E-state index contributed by atoms with van der Waals surface area (Å²) in [5, 5.41) is 0.342. The Morgan fingerprint density at radius 3 is 2.55 bits per heavy atom. The standard InChI is InChI=1S/C16H17ClN2O/c1-4-19(14-8-6-5-7-11(14)2)16(20)13-9-12(3)18-15(17)10-13/h5-10H,4H2,1-3H3. The van der Waals surface area contributed by atoms with Crippen LogP contribution >= 0.6 is 11.6 Å². The van der Waals surface area contributed by atoms with E-state index in [1.54, 1.807) is 17.0 Å². The summed E-state index contributed by atoms with van der Waals surface area (Å²) in [7, 11) is 0. The first-order valence-corrected chi connectivity index (χ1v) is 6.92. The highest BCUT2D eigenvalue weighted by atomic mass is 35.5. The first-order valence-electron chi connectivity index (χ1n) is 6.54. The molecule has 0 bridgehead atoms. The zero-order valence-electron chi connectivity index (χ0n) is 11.9. The molecule has 0 atom stereocenters. The van der Waals surface area contributed by atoms with Gasteiger partial charge in [-0.15, -0.1) is 0 Å². The molecule has 0 fully saturated rings. The largest absolute Gasteiger partial charge is 0.308 e. The molecule has 0 saturated carbocycles. The van der Waals surface area contributed by atoms with Crippen molar-refractivity contribution in [1.82, 2.24) is 4.98 Å². The predicted molar refractivity (Wildman–Crippen MR) is 82.5 cm³/mol. The van der Waals surface area contributed by atoms with E-state index in [9.17, 15) is 4.79 Å². The molecule has 1 amide bonds. The maximum Gasteiger partial charge on any atom is 0.258 e. The number of carbonyl (C=O) groups is 1. The lowest BCUT2D eigenvalue weighted by Crippen LogP contribution is -2.31. The minimum atomic E-state index is -0.0609. The molecule has 1 aromatic heterocycles. The summed E-state index contributed by atoms with van der Waals surface area (Å²) in [5.41, 5.74) is 3.29. The van der Waals surface area contributed by atoms with Crippen LogP contribution in [0.3, 0.4) is 0 Å². The van der Waals surface area contributed by atoms with Crippen molar-refractivity contribution >= 4 is 23.2 Å². The molecule has 0 aliphatic rings. The van der Waals surface area contributed by atoms with Crippen LogP contribution in [0.4, 0.5) is 5.69 Å². The van der Waals surface area contributed by atoms with Gasteiger partial charge in [-0.1, -0.05) is 29.8 Å². The number of aromatic nitrogens is 1. The molecule has 3 nitrogen and oxygen atoms in total. The number of halogens is 1. The minimum Gasteiger partial charge on any atom is -0.308 e. The smallest absolute Gasteiger partial charge is 0.258 e. The zero-order valence-corrected chi connectivity index (χ0v) is 12.6. The van der Waals surface area contributed by atoms with E-state index in [0.717, 1.165) is 16.9 Å². The molecule has 0 radical (unpaired) electrons. The Morgan fingerprint density at radius 2 is 1.95 bits per heavy atom. The van der Waals surface area contributed by atoms with Crippen LogP contribution in [-0.2, 0) is 0 Å². The Kier molecular flexibility index (Phi) is 4.40. The van der Waals surface area contributed by atoms with Crippen molar-refractivity contribution in [2.45, 2.75) is 20.8 Å². The van der Waals surface area contributed by atoms with Crippen LogP contribution in [0.15, 0.2) is 36.4 Å². The number of amides is 1. The number of pyridine rings is 1. The van der Waals surface area contributed by atoms with E-state index in [2.05, 4.69) is 4.98 Å². The van der Waals surface area contributed by atoms with Gasteiger partial charge in [0, 0.05) is 23.5 Å². The van der Waals surface area contributed by atoms with E-state index in [1.165, 1.54) is 0 Å². The number of anilines is 1. The third-order valence-electron chi connectivity index (χ3n) is 3.14. The number of nitrogens with zero attached hydrogens (tertiary/aromatic N) is 2. The molecule has 0 spiro atoms. The quantitative estimate of drug-likeness (QED) is 0.799. The van der Waals surface area contributed by atoms with Gasteiger partial charge in [-0.3, -0.25) is 4.79 Å². The van der Waals surface area contributed by atoms with E-state index >= 15 is 0 Å². The highest BCUT2D eigenvalue weighted by molar-refractivity contribution is 6.29. The second-order valence-electron chi connectivity index (χ2n) is 4.66. The highest BCUT2D eigenvalue weighted by Crippen LogP contribution is 2.22. The Bertz CT molecular complexity index is 620. The normalized spacial score (nSPS) is 10.4. The summed E-state index contributed by atoms with van der Waals surface area (Å²) in [6, 6.07) is 11.2. The summed E-state index contributed by atoms with van der Waals surface area (Å²) < 4.78 is 0. The summed E-state index contributed by atoms with van der Waals surface area (Å²) in [6.07, 6.45) is 0. The summed E-state index contributed by atoms with van der Waals surface area (Å²) in [4.78, 5) is 18.5. The third-order valence-corrected chi connectivity index (χ3v) is 3.33. The van der Waals surface area contributed by atoms with Crippen LogP contribution in [0.5, 0.6) is 0 Å². The Morgan fingerprint density at radius 1 is 1.25 bits per heavy atom. The summed E-state index contributed by atoms with van der Waals surface area (Å²) in [5.74, 6) is -0.0609. The van der Waals surface area contributed by atoms with Crippen LogP contribution < -0.4 is 4.90 Å². The molecule has 20 heavy (non-hydrogen) atoms. The molecule has 1 heterocycles. The number of aryl methyl sites for hydroxylation is 2. The van der Waals surface area contributed by atoms with E-state index in [0.29, 0.717) is 17.3 Å². The number of carbonyl (C=O) groups excluding carboxylic acids is 1. The van der Waals surface area contributed by atoms with E-state index in [1.807, 2.05) is 45.0 Å². The van der Waals surface area contributed by atoms with E-state index in [-0.39, 0.29) is 5.91 Å². The van der Waals surface area contributed by atoms with Gasteiger partial charge in [0.05, 0.1) is 0 Å². The average molecular weight is 289 g/mol. The van der Waals surface area contributed by atoms with Gasteiger partial charge in [-0.2, -0.15) is 0 Å². The van der Waals surface area contributed by atoms with Crippen molar-refractivity contribution in [2.24, 2.45) is 0 Å². The molecule has 4 heteroatoms. The molecule has 104 valence electrons. The minimum absolute atomic E-state index is 0.0609. The van der Waals surface area contributed by atoms with Gasteiger partial charge in [-0.05, 0) is 44.5 Å². The Labute approximate surface area is 124 Å². The first-order chi connectivity index (χ1) is 9.52. The topological polar surface area (TPSA) is 33.2 Å². The predicted octanol–water partition coefficient (Wildman–Crippen LogP) is 4.02. The molecule has 0 N–H and O–H groups in total. The lowest BCUT2D eigenvalue weighted by atomic mass is 10.1. The first kappa shape index (κ1) is 14.5. The van der Waals surface area contributed by atoms with Crippen molar-refractivity contribution in [3.8, 4) is 0 Å². The number of hydrogen-bond donors (Lipinski definition) is 0. The van der Waals surface area contributed by atoms with E-state index in [4.69, 9.17) is 11.6 Å². The lowest BCUT2D eigenvalue weighted by Gasteiger charge is -2.23. The third kappa shape index (κ3) is 2.99. The van der Waals surface area contributed by atoms with Gasteiger partial charge in [0.15, 0.2) is 0 Å². The fourth-order valence-electron chi connectivity index (χ4n) is 2.20. The fourth-order valence-corrected chi connectivity index (χ4v) is 2.45. The van der Waals surface area contributed by atoms with Gasteiger partial charge in [-0.25, -0.2) is 4.98 Å². The molecular formula is C16H17ClN2O. The van der Waals surface area contributed by atoms with E-state index < -0.39 is 0 Å². The number of benzene rings is 1. The molecule has 1 aromatic carbocycles. The second-order valence-corrected chi connectivity index (χ2v) is 5.04. The fraction of sp³-hybridized carbons (Fsp3) is 0.250. The van der Waals surface area contributed by atoms with Crippen LogP contribution in [0.2, 0.25) is 5.15 Å². The van der Waals surface area contributed by atoms with Gasteiger partial charge in [0.1, 0.15) is 5.15 Å². The van der Waals surface area contributed by atoms with Gasteiger partial charge in [0.2, 0.25) is 0 Å². The lowest BCUT2D eigenvalue weighted by molar-refractivity contribution is 0.0988. The summed E-state index contributed by atoms with van der Waals surface area (Å²) >= 11 is 5.94. The van der Waals surface area contributed by atoms with Crippen molar-refractivity contribution in [3.63, 3.8) is 0 Å². The number of hydrogen-bond acceptors (Lipinski definition) is 2. The monoisotopic (exact) mass is 288 g/mol. The molecule has 2 rings (SSSR count). The zero-order chi connectivity index (χ0) is 14.7. The SMILES string of the molecule is CCN(C(=O)c1cc(C)nc(Cl)c1)c1ccccc1C. The van der Waals surface area contributed by atoms with Crippen LogP contribution in [0.25, 0.3) is 0 Å². The molecule has 0 aliphatic carbocycles.